The molecule has 0 saturated heterocycles. The second-order valence-corrected chi connectivity index (χ2v) is 2.63. The highest BCUT2D eigenvalue weighted by Crippen LogP contribution is 2.20. The van der Waals surface area contributed by atoms with Crippen molar-refractivity contribution in [1.29, 1.82) is 5.39 Å². The average Bonchev–Trinajstić information content (AvgIpc) is 2.17. The van der Waals surface area contributed by atoms with E-state index in [0.29, 0.717) is 5.69 Å². The number of hydrogen-bond donors (Lipinski definition) is 0. The molecular formula is C10H7ClN2. The smallest absolute Gasteiger partial charge is 0.385 e. The van der Waals surface area contributed by atoms with Crippen LogP contribution in [0.25, 0.3) is 15.7 Å². The maximum atomic E-state index is 8.52. The van der Waals surface area contributed by atoms with E-state index in [9.17, 15) is 0 Å². The highest BCUT2D eigenvalue weighted by atomic mass is 35.5. The molecule has 0 amide bonds. The topological polar surface area (TPSA) is 28.1 Å². The quantitative estimate of drug-likeness (QED) is 0.551. The van der Waals surface area contributed by atoms with Gasteiger partial charge in [0, 0.05) is 12.1 Å². The van der Waals surface area contributed by atoms with Crippen molar-refractivity contribution in [3.05, 3.63) is 47.4 Å². The van der Waals surface area contributed by atoms with Gasteiger partial charge < -0.3 is 12.4 Å². The second kappa shape index (κ2) is 3.88. The highest BCUT2D eigenvalue weighted by Gasteiger charge is 2.03. The number of nitrogens with zero attached hydrogens (tertiary/aromatic N) is 2. The fourth-order valence-electron chi connectivity index (χ4n) is 1.24. The molecule has 0 heterocycles. The van der Waals surface area contributed by atoms with Gasteiger partial charge in [0.05, 0.1) is 0 Å². The standard InChI is InChI=1S/C10H7N2.ClH/c11-12-10-6-5-8-3-1-2-4-9(8)7-10;/h1-7H;1H/q+1;/p-1. The van der Waals surface area contributed by atoms with E-state index in [4.69, 9.17) is 5.39 Å². The third-order valence-electron chi connectivity index (χ3n) is 1.85. The highest BCUT2D eigenvalue weighted by molar-refractivity contribution is 5.85. The molecule has 0 N–H and O–H groups in total. The van der Waals surface area contributed by atoms with Gasteiger partial charge in [0.25, 0.3) is 0 Å². The zero-order valence-corrected chi connectivity index (χ0v) is 7.57. The number of rotatable bonds is 0. The van der Waals surface area contributed by atoms with Crippen LogP contribution in [0.1, 0.15) is 0 Å². The van der Waals surface area contributed by atoms with E-state index in [0.717, 1.165) is 10.8 Å². The maximum Gasteiger partial charge on any atom is 0.385 e. The van der Waals surface area contributed by atoms with Crippen LogP contribution in [0.3, 0.4) is 0 Å². The third-order valence-corrected chi connectivity index (χ3v) is 1.85. The molecule has 2 nitrogen and oxygen atoms in total. The van der Waals surface area contributed by atoms with Crippen LogP contribution < -0.4 is 12.4 Å². The molecule has 0 aliphatic rings. The second-order valence-electron chi connectivity index (χ2n) is 2.63. The molecule has 2 rings (SSSR count). The minimum Gasteiger partial charge on any atom is -1.00 e. The Morgan fingerprint density at radius 2 is 1.62 bits per heavy atom. The molecular weight excluding hydrogens is 184 g/mol. The SMILES string of the molecule is N#[N+]c1ccc2ccccc2c1.[Cl-]. The van der Waals surface area contributed by atoms with Crippen molar-refractivity contribution in [1.82, 2.24) is 0 Å². The summed E-state index contributed by atoms with van der Waals surface area (Å²) in [6, 6.07) is 13.5. The summed E-state index contributed by atoms with van der Waals surface area (Å²) in [5.41, 5.74) is 0.591. The zero-order chi connectivity index (χ0) is 8.39. The third kappa shape index (κ3) is 1.77. The lowest BCUT2D eigenvalue weighted by Crippen LogP contribution is -3.00. The van der Waals surface area contributed by atoms with Gasteiger partial charge in [-0.3, -0.25) is 0 Å². The summed E-state index contributed by atoms with van der Waals surface area (Å²) in [7, 11) is 0. The summed E-state index contributed by atoms with van der Waals surface area (Å²) in [5.74, 6) is 0. The lowest BCUT2D eigenvalue weighted by atomic mass is 10.1. The Bertz CT molecular complexity index is 460. The van der Waals surface area contributed by atoms with Gasteiger partial charge in [0.2, 0.25) is 5.39 Å². The van der Waals surface area contributed by atoms with Gasteiger partial charge in [-0.25, -0.2) is 0 Å². The molecule has 0 fully saturated rings. The predicted octanol–water partition coefficient (Wildman–Crippen LogP) is 0.328. The van der Waals surface area contributed by atoms with E-state index in [-0.39, 0.29) is 12.4 Å². The number of halogens is 1. The van der Waals surface area contributed by atoms with E-state index in [2.05, 4.69) is 4.98 Å². The molecule has 64 valence electrons. The Labute approximate surface area is 82.2 Å². The van der Waals surface area contributed by atoms with Crippen LogP contribution in [0.4, 0.5) is 5.69 Å². The summed E-state index contributed by atoms with van der Waals surface area (Å²) in [6.45, 7) is 0. The fourth-order valence-corrected chi connectivity index (χ4v) is 1.24. The van der Waals surface area contributed by atoms with Crippen molar-refractivity contribution in [3.63, 3.8) is 0 Å². The molecule has 0 atom stereocenters. The average molecular weight is 191 g/mol. The Balaban J connectivity index is 0.000000845. The molecule has 13 heavy (non-hydrogen) atoms. The van der Waals surface area contributed by atoms with Crippen LogP contribution >= 0.6 is 0 Å². The minimum atomic E-state index is 0. The van der Waals surface area contributed by atoms with Crippen molar-refractivity contribution in [2.45, 2.75) is 0 Å². The number of hydrogen-bond acceptors (Lipinski definition) is 1. The normalized spacial score (nSPS) is 8.85. The van der Waals surface area contributed by atoms with Crippen molar-refractivity contribution in [2.75, 3.05) is 0 Å². The van der Waals surface area contributed by atoms with Crippen molar-refractivity contribution < 1.29 is 12.4 Å². The van der Waals surface area contributed by atoms with E-state index >= 15 is 0 Å². The number of fused-ring (bicyclic) bond motifs is 1. The summed E-state index contributed by atoms with van der Waals surface area (Å²) in [5, 5.41) is 10.8. The van der Waals surface area contributed by atoms with E-state index < -0.39 is 0 Å². The molecule has 0 spiro atoms. The molecule has 0 aromatic heterocycles. The van der Waals surface area contributed by atoms with Crippen LogP contribution in [0, 0.1) is 5.39 Å². The molecule has 2 aromatic carbocycles. The molecule has 2 aromatic rings. The van der Waals surface area contributed by atoms with Crippen LogP contribution in [-0.2, 0) is 0 Å². The maximum absolute atomic E-state index is 8.52. The first-order chi connectivity index (χ1) is 5.90. The van der Waals surface area contributed by atoms with Crippen LogP contribution in [0.5, 0.6) is 0 Å². The number of diazo groups is 1. The first kappa shape index (κ1) is 9.50. The molecule has 0 radical (unpaired) electrons. The van der Waals surface area contributed by atoms with Gasteiger partial charge in [-0.1, -0.05) is 24.3 Å². The summed E-state index contributed by atoms with van der Waals surface area (Å²) in [4.78, 5) is 3.12. The molecule has 0 saturated carbocycles. The van der Waals surface area contributed by atoms with E-state index in [1.165, 1.54) is 0 Å². The van der Waals surface area contributed by atoms with Gasteiger partial charge in [0.1, 0.15) is 0 Å². The minimum absolute atomic E-state index is 0. The predicted molar refractivity (Wildman–Crippen MR) is 48.7 cm³/mol. The zero-order valence-electron chi connectivity index (χ0n) is 6.81. The first-order valence-corrected chi connectivity index (χ1v) is 3.74. The molecule has 0 aliphatic heterocycles. The Hall–Kier alpha value is -1.59. The molecule has 0 aliphatic carbocycles. The van der Waals surface area contributed by atoms with Crippen molar-refractivity contribution in [2.24, 2.45) is 0 Å². The number of benzene rings is 2. The van der Waals surface area contributed by atoms with E-state index in [1.807, 2.05) is 36.4 Å². The van der Waals surface area contributed by atoms with Gasteiger partial charge in [-0.2, -0.15) is 0 Å². The summed E-state index contributed by atoms with van der Waals surface area (Å²) >= 11 is 0. The van der Waals surface area contributed by atoms with Gasteiger partial charge in [0.15, 0.2) is 4.98 Å². The summed E-state index contributed by atoms with van der Waals surface area (Å²) in [6.07, 6.45) is 0. The molecule has 0 unspecified atom stereocenters. The van der Waals surface area contributed by atoms with Gasteiger partial charge in [-0.15, -0.1) is 0 Å². The van der Waals surface area contributed by atoms with Crippen LogP contribution in [0.2, 0.25) is 0 Å². The first-order valence-electron chi connectivity index (χ1n) is 3.74. The lowest BCUT2D eigenvalue weighted by molar-refractivity contribution is -0.00000256. The van der Waals surface area contributed by atoms with Crippen molar-refractivity contribution >= 4 is 16.5 Å². The molecule has 0 bridgehead atoms. The van der Waals surface area contributed by atoms with Crippen molar-refractivity contribution in [3.8, 4) is 0 Å². The lowest BCUT2D eigenvalue weighted by Gasteiger charge is -1.91. The van der Waals surface area contributed by atoms with E-state index in [1.54, 1.807) is 6.07 Å². The van der Waals surface area contributed by atoms with Gasteiger partial charge >= 0.3 is 5.69 Å². The molecule has 3 heteroatoms. The Morgan fingerprint density at radius 1 is 0.923 bits per heavy atom. The van der Waals surface area contributed by atoms with Crippen LogP contribution in [0.15, 0.2) is 42.5 Å². The van der Waals surface area contributed by atoms with Crippen LogP contribution in [-0.4, -0.2) is 0 Å². The monoisotopic (exact) mass is 190 g/mol. The Morgan fingerprint density at radius 3 is 2.31 bits per heavy atom. The fraction of sp³-hybridized carbons (Fsp3) is 0. The Kier molecular flexibility index (Phi) is 2.84. The summed E-state index contributed by atoms with van der Waals surface area (Å²) < 4.78 is 0. The largest absolute Gasteiger partial charge is 1.00 e. The van der Waals surface area contributed by atoms with Gasteiger partial charge in [-0.05, 0) is 16.8 Å².